The van der Waals surface area contributed by atoms with Crippen molar-refractivity contribution in [2.75, 3.05) is 27.2 Å². The maximum Gasteiger partial charge on any atom is 0.159 e. The van der Waals surface area contributed by atoms with Crippen molar-refractivity contribution in [1.82, 2.24) is 9.99 Å². The third kappa shape index (κ3) is 2.22. The van der Waals surface area contributed by atoms with Crippen molar-refractivity contribution in [3.8, 4) is 0 Å². The first-order chi connectivity index (χ1) is 7.57. The molecular formula is C13H29N2OP. The number of nitrogens with one attached hydrogen (secondary N) is 1. The van der Waals surface area contributed by atoms with Gasteiger partial charge in [-0.05, 0) is 33.0 Å². The van der Waals surface area contributed by atoms with E-state index in [9.17, 15) is 4.57 Å². The van der Waals surface area contributed by atoms with Crippen LogP contribution < -0.4 is 5.09 Å². The summed E-state index contributed by atoms with van der Waals surface area (Å²) in [7, 11) is 1.86. The Balaban J connectivity index is 2.60. The quantitative estimate of drug-likeness (QED) is 0.609. The highest BCUT2D eigenvalue weighted by Gasteiger charge is 2.67. The van der Waals surface area contributed by atoms with Crippen LogP contribution in [0.25, 0.3) is 0 Å². The van der Waals surface area contributed by atoms with Crippen LogP contribution in [-0.4, -0.2) is 42.4 Å². The lowest BCUT2D eigenvalue weighted by Gasteiger charge is -2.62. The molecule has 0 bridgehead atoms. The van der Waals surface area contributed by atoms with Crippen molar-refractivity contribution in [3.05, 3.63) is 0 Å². The molecule has 0 unspecified atom stereocenters. The zero-order valence-corrected chi connectivity index (χ0v) is 13.4. The fourth-order valence-electron chi connectivity index (χ4n) is 3.13. The molecule has 1 N–H and O–H groups in total. The second-order valence-corrected chi connectivity index (χ2v) is 10.5. The Morgan fingerprint density at radius 2 is 1.65 bits per heavy atom. The van der Waals surface area contributed by atoms with Gasteiger partial charge >= 0.3 is 0 Å². The van der Waals surface area contributed by atoms with Gasteiger partial charge in [0.15, 0.2) is 7.29 Å². The van der Waals surface area contributed by atoms with Crippen LogP contribution in [0.5, 0.6) is 0 Å². The molecule has 1 rings (SSSR count). The van der Waals surface area contributed by atoms with E-state index in [4.69, 9.17) is 0 Å². The van der Waals surface area contributed by atoms with Crippen molar-refractivity contribution in [1.29, 1.82) is 0 Å². The highest BCUT2D eigenvalue weighted by atomic mass is 31.2. The number of hydrogen-bond acceptors (Lipinski definition) is 2. The zero-order valence-electron chi connectivity index (χ0n) is 12.5. The molecule has 0 saturated carbocycles. The lowest BCUT2D eigenvalue weighted by atomic mass is 9.83. The summed E-state index contributed by atoms with van der Waals surface area (Å²) in [6.07, 6.45) is 1.05. The van der Waals surface area contributed by atoms with E-state index < -0.39 is 7.29 Å². The highest BCUT2D eigenvalue weighted by Crippen LogP contribution is 2.79. The van der Waals surface area contributed by atoms with Crippen molar-refractivity contribution >= 4 is 7.29 Å². The molecule has 1 saturated heterocycles. The monoisotopic (exact) mass is 260 g/mol. The predicted octanol–water partition coefficient (Wildman–Crippen LogP) is 3.01. The largest absolute Gasteiger partial charge is 0.309 e. The van der Waals surface area contributed by atoms with Gasteiger partial charge in [-0.15, -0.1) is 0 Å². The van der Waals surface area contributed by atoms with E-state index in [0.717, 1.165) is 19.5 Å². The van der Waals surface area contributed by atoms with Gasteiger partial charge in [0.2, 0.25) is 0 Å². The lowest BCUT2D eigenvalue weighted by molar-refractivity contribution is 0.261. The van der Waals surface area contributed by atoms with Crippen LogP contribution in [0.1, 0.15) is 41.0 Å². The average molecular weight is 260 g/mol. The molecule has 1 fully saturated rings. The lowest BCUT2D eigenvalue weighted by Crippen LogP contribution is -2.61. The second kappa shape index (κ2) is 4.68. The van der Waals surface area contributed by atoms with Gasteiger partial charge in [0.1, 0.15) is 0 Å². The van der Waals surface area contributed by atoms with Gasteiger partial charge in [0.25, 0.3) is 0 Å². The van der Waals surface area contributed by atoms with Crippen molar-refractivity contribution in [2.45, 2.75) is 51.4 Å². The Bertz CT molecular complexity index is 303. The molecule has 3 nitrogen and oxygen atoms in total. The summed E-state index contributed by atoms with van der Waals surface area (Å²) in [5.74, 6) is 0.502. The van der Waals surface area contributed by atoms with E-state index in [1.165, 1.54) is 0 Å². The second-order valence-electron chi connectivity index (χ2n) is 6.70. The van der Waals surface area contributed by atoms with Crippen LogP contribution in [0, 0.1) is 5.92 Å². The summed E-state index contributed by atoms with van der Waals surface area (Å²) in [5, 5.41) is 3.27. The van der Waals surface area contributed by atoms with E-state index in [-0.39, 0.29) is 10.3 Å². The molecule has 0 aromatic carbocycles. The first kappa shape index (κ1) is 15.2. The minimum Gasteiger partial charge on any atom is -0.309 e. The van der Waals surface area contributed by atoms with E-state index in [0.29, 0.717) is 5.92 Å². The van der Waals surface area contributed by atoms with Gasteiger partial charge in [0.05, 0.1) is 0 Å². The molecule has 0 aromatic heterocycles. The Kier molecular flexibility index (Phi) is 4.18. The molecule has 0 aliphatic carbocycles. The molecule has 0 aromatic rings. The molecular weight excluding hydrogens is 231 g/mol. The van der Waals surface area contributed by atoms with Gasteiger partial charge < -0.3 is 9.46 Å². The maximum atomic E-state index is 13.1. The zero-order chi connectivity index (χ0) is 13.5. The van der Waals surface area contributed by atoms with E-state index in [2.05, 4.69) is 58.7 Å². The van der Waals surface area contributed by atoms with Crippen molar-refractivity contribution < 1.29 is 4.57 Å². The normalized spacial score (nSPS) is 34.7. The minimum atomic E-state index is -2.28. The number of rotatable bonds is 5. The summed E-state index contributed by atoms with van der Waals surface area (Å²) >= 11 is 0. The Morgan fingerprint density at radius 3 is 2.06 bits per heavy atom. The van der Waals surface area contributed by atoms with Crippen molar-refractivity contribution in [2.24, 2.45) is 5.92 Å². The smallest absolute Gasteiger partial charge is 0.159 e. The summed E-state index contributed by atoms with van der Waals surface area (Å²) in [6, 6.07) is 0. The summed E-state index contributed by atoms with van der Waals surface area (Å²) in [6.45, 7) is 12.7. The fourth-order valence-corrected chi connectivity index (χ4v) is 7.43. The minimum absolute atomic E-state index is 0.0609. The van der Waals surface area contributed by atoms with E-state index in [1.807, 2.05) is 0 Å². The van der Waals surface area contributed by atoms with Crippen LogP contribution in [0.15, 0.2) is 0 Å². The van der Waals surface area contributed by atoms with Crippen LogP contribution >= 0.6 is 7.29 Å². The first-order valence-electron chi connectivity index (χ1n) is 6.57. The SMILES string of the molecule is CC1C(C)(C)P(=O)(NCCCN(C)C)C1(C)C. The van der Waals surface area contributed by atoms with Crippen LogP contribution in [-0.2, 0) is 4.57 Å². The third-order valence-corrected chi connectivity index (χ3v) is 9.55. The van der Waals surface area contributed by atoms with Gasteiger partial charge in [-0.2, -0.15) is 0 Å². The van der Waals surface area contributed by atoms with Gasteiger partial charge in [-0.1, -0.05) is 34.6 Å². The Labute approximate surface area is 107 Å². The van der Waals surface area contributed by atoms with Crippen LogP contribution in [0.2, 0.25) is 0 Å². The standard InChI is InChI=1S/C13H29N2OP/c1-11-12(2,3)17(16,13(11,4)5)14-9-8-10-15(6)7/h11H,8-10H2,1-7H3,(H,14,16). The molecule has 1 heterocycles. The molecule has 0 radical (unpaired) electrons. The fraction of sp³-hybridized carbons (Fsp3) is 1.00. The predicted molar refractivity (Wildman–Crippen MR) is 76.1 cm³/mol. The molecule has 0 spiro atoms. The molecule has 17 heavy (non-hydrogen) atoms. The van der Waals surface area contributed by atoms with Crippen LogP contribution in [0.4, 0.5) is 0 Å². The molecule has 1 aliphatic heterocycles. The average Bonchev–Trinajstić information content (AvgIpc) is 2.21. The first-order valence-corrected chi connectivity index (χ1v) is 8.28. The number of hydrogen-bond donors (Lipinski definition) is 1. The molecule has 102 valence electrons. The third-order valence-electron chi connectivity index (χ3n) is 4.86. The molecule has 4 heteroatoms. The van der Waals surface area contributed by atoms with E-state index in [1.54, 1.807) is 0 Å². The molecule has 0 atom stereocenters. The molecule has 0 amide bonds. The summed E-state index contributed by atoms with van der Waals surface area (Å²) < 4.78 is 13.1. The van der Waals surface area contributed by atoms with Crippen LogP contribution in [0.3, 0.4) is 0 Å². The number of nitrogens with zero attached hydrogens (tertiary/aromatic N) is 1. The maximum absolute atomic E-state index is 13.1. The van der Waals surface area contributed by atoms with Gasteiger partial charge in [-0.25, -0.2) is 0 Å². The van der Waals surface area contributed by atoms with Gasteiger partial charge in [-0.3, -0.25) is 5.09 Å². The highest BCUT2D eigenvalue weighted by molar-refractivity contribution is 7.66. The Hall–Kier alpha value is 0.150. The topological polar surface area (TPSA) is 32.3 Å². The van der Waals surface area contributed by atoms with Crippen molar-refractivity contribution in [3.63, 3.8) is 0 Å². The Morgan fingerprint density at radius 1 is 1.18 bits per heavy atom. The molecule has 1 aliphatic rings. The van der Waals surface area contributed by atoms with E-state index >= 15 is 0 Å². The van der Waals surface area contributed by atoms with Gasteiger partial charge in [0, 0.05) is 16.9 Å². The summed E-state index contributed by atoms with van der Waals surface area (Å²) in [5.41, 5.74) is 0. The summed E-state index contributed by atoms with van der Waals surface area (Å²) in [4.78, 5) is 2.16.